The van der Waals surface area contributed by atoms with E-state index in [2.05, 4.69) is 24.1 Å². The number of nitrogens with zero attached hydrogens (tertiary/aromatic N) is 1. The lowest BCUT2D eigenvalue weighted by molar-refractivity contribution is 0.00191. The Morgan fingerprint density at radius 3 is 2.54 bits per heavy atom. The Hall–Kier alpha value is -0.810. The first-order valence-corrected chi connectivity index (χ1v) is 9.38. The lowest BCUT2D eigenvalue weighted by atomic mass is 9.92. The Kier molecular flexibility index (Phi) is 7.82. The first-order valence-electron chi connectivity index (χ1n) is 8.62. The minimum atomic E-state index is -0.174. The maximum absolute atomic E-state index is 12.5. The summed E-state index contributed by atoms with van der Waals surface area (Å²) in [5.74, 6) is 0.366. The van der Waals surface area contributed by atoms with Crippen LogP contribution in [0.25, 0.3) is 0 Å². The largest absolute Gasteiger partial charge is 0.379 e. The second-order valence-corrected chi connectivity index (χ2v) is 6.89. The summed E-state index contributed by atoms with van der Waals surface area (Å²) in [6, 6.07) is 5.43. The van der Waals surface area contributed by atoms with Crippen LogP contribution in [0, 0.1) is 5.92 Å². The summed E-state index contributed by atoms with van der Waals surface area (Å²) in [5.41, 5.74) is 0.425. The van der Waals surface area contributed by atoms with Gasteiger partial charge in [0, 0.05) is 25.7 Å². The van der Waals surface area contributed by atoms with Crippen molar-refractivity contribution >= 4 is 29.1 Å². The molecule has 0 saturated carbocycles. The van der Waals surface area contributed by atoms with Crippen molar-refractivity contribution in [3.63, 3.8) is 0 Å². The number of amides is 1. The van der Waals surface area contributed by atoms with Crippen molar-refractivity contribution in [3.8, 4) is 0 Å². The summed E-state index contributed by atoms with van der Waals surface area (Å²) >= 11 is 12.2. The monoisotopic (exact) mass is 372 g/mol. The molecule has 0 bridgehead atoms. The van der Waals surface area contributed by atoms with E-state index in [-0.39, 0.29) is 5.91 Å². The fourth-order valence-electron chi connectivity index (χ4n) is 3.31. The molecular weight excluding hydrogens is 347 g/mol. The van der Waals surface area contributed by atoms with E-state index in [4.69, 9.17) is 27.9 Å². The van der Waals surface area contributed by atoms with Gasteiger partial charge in [-0.25, -0.2) is 0 Å². The molecule has 0 radical (unpaired) electrons. The lowest BCUT2D eigenvalue weighted by Crippen LogP contribution is -2.52. The van der Waals surface area contributed by atoms with Crippen LogP contribution in [0.3, 0.4) is 0 Å². The molecule has 4 nitrogen and oxygen atoms in total. The van der Waals surface area contributed by atoms with E-state index in [0.717, 1.165) is 39.1 Å². The van der Waals surface area contributed by atoms with Gasteiger partial charge in [-0.15, -0.1) is 0 Å². The highest BCUT2D eigenvalue weighted by Crippen LogP contribution is 2.25. The third-order valence-corrected chi connectivity index (χ3v) is 5.59. The van der Waals surface area contributed by atoms with Gasteiger partial charge in [-0.3, -0.25) is 9.69 Å². The fourth-order valence-corrected chi connectivity index (χ4v) is 3.69. The highest BCUT2D eigenvalue weighted by molar-refractivity contribution is 6.43. The van der Waals surface area contributed by atoms with Gasteiger partial charge in [-0.1, -0.05) is 56.0 Å². The third kappa shape index (κ3) is 4.85. The molecule has 0 aliphatic carbocycles. The van der Waals surface area contributed by atoms with Gasteiger partial charge in [0.15, 0.2) is 0 Å². The van der Waals surface area contributed by atoms with Crippen molar-refractivity contribution in [1.29, 1.82) is 0 Å². The van der Waals surface area contributed by atoms with Gasteiger partial charge in [0.05, 0.1) is 28.8 Å². The second-order valence-electron chi connectivity index (χ2n) is 6.10. The summed E-state index contributed by atoms with van der Waals surface area (Å²) in [6.07, 6.45) is 2.18. The summed E-state index contributed by atoms with van der Waals surface area (Å²) < 4.78 is 5.46. The number of carbonyl (C=O) groups excluding carboxylic acids is 1. The van der Waals surface area contributed by atoms with E-state index in [1.165, 1.54) is 0 Å². The van der Waals surface area contributed by atoms with Crippen LogP contribution in [0.15, 0.2) is 18.2 Å². The van der Waals surface area contributed by atoms with Crippen molar-refractivity contribution in [2.24, 2.45) is 5.92 Å². The minimum Gasteiger partial charge on any atom is -0.379 e. The van der Waals surface area contributed by atoms with Crippen LogP contribution in [0.5, 0.6) is 0 Å². The molecule has 1 atom stereocenters. The number of nitrogens with one attached hydrogen (secondary N) is 1. The molecule has 134 valence electrons. The summed E-state index contributed by atoms with van der Waals surface area (Å²) in [5, 5.41) is 3.75. The average Bonchev–Trinajstić information content (AvgIpc) is 2.61. The number of halogens is 2. The number of rotatable bonds is 7. The Morgan fingerprint density at radius 2 is 1.92 bits per heavy atom. The number of morpholine rings is 1. The molecule has 1 amide bonds. The Balaban J connectivity index is 2.06. The van der Waals surface area contributed by atoms with E-state index in [9.17, 15) is 4.79 Å². The van der Waals surface area contributed by atoms with Crippen LogP contribution in [-0.4, -0.2) is 49.7 Å². The van der Waals surface area contributed by atoms with Gasteiger partial charge in [0.2, 0.25) is 0 Å². The number of ether oxygens (including phenoxy) is 1. The standard InChI is InChI=1S/C18H26Cl2N2O2/c1-3-13(4-2)16(22-8-10-24-11-9-22)12-21-18(23)14-6-5-7-15(19)17(14)20/h5-7,13,16H,3-4,8-12H2,1-2H3,(H,21,23)/t16-/m1/s1. The Morgan fingerprint density at radius 1 is 1.25 bits per heavy atom. The predicted octanol–water partition coefficient (Wildman–Crippen LogP) is 3.86. The van der Waals surface area contributed by atoms with Gasteiger partial charge in [-0.2, -0.15) is 0 Å². The third-order valence-electron chi connectivity index (χ3n) is 4.78. The second kappa shape index (κ2) is 9.62. The molecule has 1 N–H and O–H groups in total. The van der Waals surface area contributed by atoms with Crippen LogP contribution < -0.4 is 5.32 Å². The van der Waals surface area contributed by atoms with Crippen molar-refractivity contribution in [1.82, 2.24) is 10.2 Å². The van der Waals surface area contributed by atoms with Crippen LogP contribution >= 0.6 is 23.2 Å². The zero-order chi connectivity index (χ0) is 17.5. The van der Waals surface area contributed by atoms with Crippen molar-refractivity contribution in [3.05, 3.63) is 33.8 Å². The summed E-state index contributed by atoms with van der Waals surface area (Å²) in [7, 11) is 0. The van der Waals surface area contributed by atoms with Gasteiger partial charge in [0.25, 0.3) is 5.91 Å². The molecule has 1 heterocycles. The number of carbonyl (C=O) groups is 1. The van der Waals surface area contributed by atoms with Gasteiger partial charge >= 0.3 is 0 Å². The van der Waals surface area contributed by atoms with Crippen LogP contribution in [0.2, 0.25) is 10.0 Å². The molecule has 1 aromatic carbocycles. The average molecular weight is 373 g/mol. The summed E-state index contributed by atoms with van der Waals surface area (Å²) in [6.45, 7) is 8.35. The molecular formula is C18H26Cl2N2O2. The smallest absolute Gasteiger partial charge is 0.252 e. The molecule has 1 aliphatic heterocycles. The van der Waals surface area contributed by atoms with Crippen molar-refractivity contribution in [2.75, 3.05) is 32.8 Å². The van der Waals surface area contributed by atoms with Crippen LogP contribution in [-0.2, 0) is 4.74 Å². The predicted molar refractivity (Wildman–Crippen MR) is 99.0 cm³/mol. The maximum atomic E-state index is 12.5. The molecule has 0 spiro atoms. The maximum Gasteiger partial charge on any atom is 0.252 e. The highest BCUT2D eigenvalue weighted by Gasteiger charge is 2.27. The normalized spacial score (nSPS) is 17.0. The van der Waals surface area contributed by atoms with Crippen molar-refractivity contribution < 1.29 is 9.53 Å². The number of benzene rings is 1. The SMILES string of the molecule is CCC(CC)[C@@H](CNC(=O)c1cccc(Cl)c1Cl)N1CCOCC1. The van der Waals surface area contributed by atoms with Gasteiger partial charge < -0.3 is 10.1 Å². The fraction of sp³-hybridized carbons (Fsp3) is 0.611. The van der Waals surface area contributed by atoms with Crippen molar-refractivity contribution in [2.45, 2.75) is 32.7 Å². The minimum absolute atomic E-state index is 0.174. The van der Waals surface area contributed by atoms with Gasteiger partial charge in [-0.05, 0) is 18.1 Å². The molecule has 1 aliphatic rings. The quantitative estimate of drug-likeness (QED) is 0.789. The lowest BCUT2D eigenvalue weighted by Gasteiger charge is -2.38. The zero-order valence-corrected chi connectivity index (χ0v) is 15.9. The van der Waals surface area contributed by atoms with E-state index in [1.54, 1.807) is 18.2 Å². The molecule has 0 unspecified atom stereocenters. The highest BCUT2D eigenvalue weighted by atomic mass is 35.5. The molecule has 1 fully saturated rings. The molecule has 0 aromatic heterocycles. The molecule has 1 saturated heterocycles. The molecule has 6 heteroatoms. The first-order chi connectivity index (χ1) is 11.6. The van der Waals surface area contributed by atoms with E-state index < -0.39 is 0 Å². The van der Waals surface area contributed by atoms with Gasteiger partial charge in [0.1, 0.15) is 0 Å². The number of hydrogen-bond acceptors (Lipinski definition) is 3. The molecule has 1 aromatic rings. The molecule has 2 rings (SSSR count). The summed E-state index contributed by atoms with van der Waals surface area (Å²) in [4.78, 5) is 14.9. The van der Waals surface area contributed by atoms with E-state index in [1.807, 2.05) is 0 Å². The Labute approximate surface area is 154 Å². The number of hydrogen-bond donors (Lipinski definition) is 1. The van der Waals surface area contributed by atoms with Crippen LogP contribution in [0.4, 0.5) is 0 Å². The van der Waals surface area contributed by atoms with E-state index >= 15 is 0 Å². The molecule has 24 heavy (non-hydrogen) atoms. The topological polar surface area (TPSA) is 41.6 Å². The first kappa shape index (κ1) is 19.5. The Bertz CT molecular complexity index is 544. The van der Waals surface area contributed by atoms with Crippen LogP contribution in [0.1, 0.15) is 37.0 Å². The van der Waals surface area contributed by atoms with E-state index in [0.29, 0.717) is 34.1 Å². The zero-order valence-electron chi connectivity index (χ0n) is 14.4.